The summed E-state index contributed by atoms with van der Waals surface area (Å²) < 4.78 is 26.3. The summed E-state index contributed by atoms with van der Waals surface area (Å²) >= 11 is 0. The van der Waals surface area contributed by atoms with Crippen LogP contribution in [0.4, 0.5) is 5.69 Å². The number of hydrogen-bond donors (Lipinski definition) is 1. The first-order valence-electron chi connectivity index (χ1n) is 12.1. The minimum Gasteiger partial charge on any atom is -0.354 e. The van der Waals surface area contributed by atoms with E-state index < -0.39 is 16.1 Å². The van der Waals surface area contributed by atoms with Gasteiger partial charge in [-0.1, -0.05) is 61.9 Å². The van der Waals surface area contributed by atoms with Gasteiger partial charge in [0.15, 0.2) is 0 Å². The van der Waals surface area contributed by atoms with E-state index in [1.807, 2.05) is 64.1 Å². The van der Waals surface area contributed by atoms with Crippen molar-refractivity contribution in [3.05, 3.63) is 65.2 Å². The van der Waals surface area contributed by atoms with Crippen molar-refractivity contribution in [1.29, 1.82) is 0 Å². The highest BCUT2D eigenvalue weighted by Crippen LogP contribution is 2.23. The Morgan fingerprint density at radius 1 is 1.00 bits per heavy atom. The molecule has 0 bridgehead atoms. The number of hydrogen-bond acceptors (Lipinski definition) is 4. The number of carbonyl (C=O) groups is 2. The fourth-order valence-corrected chi connectivity index (χ4v) is 4.89. The molecule has 2 aromatic rings. The van der Waals surface area contributed by atoms with E-state index in [0.29, 0.717) is 31.1 Å². The van der Waals surface area contributed by atoms with Gasteiger partial charge < -0.3 is 10.2 Å². The number of benzene rings is 2. The van der Waals surface area contributed by atoms with Crippen LogP contribution in [-0.4, -0.2) is 50.5 Å². The van der Waals surface area contributed by atoms with E-state index in [1.54, 1.807) is 24.0 Å². The Bertz CT molecular complexity index is 1110. The predicted molar refractivity (Wildman–Crippen MR) is 142 cm³/mol. The standard InChI is InChI=1S/C27H39N3O4S/c1-20(2)18-28-27(32)23(5)29(19-24-13-9-11-21(3)17-24)26(31)15-10-16-30(35(6,33)34)25-14-8-7-12-22(25)4/h7-9,11-14,17,20,23H,10,15-16,18-19H2,1-6H3,(H,28,32)/t23-/m1/s1. The predicted octanol–water partition coefficient (Wildman–Crippen LogP) is 4.04. The summed E-state index contributed by atoms with van der Waals surface area (Å²) in [6.45, 7) is 10.6. The summed E-state index contributed by atoms with van der Waals surface area (Å²) in [6, 6.07) is 14.5. The highest BCUT2D eigenvalue weighted by molar-refractivity contribution is 7.92. The Morgan fingerprint density at radius 2 is 1.69 bits per heavy atom. The van der Waals surface area contributed by atoms with Crippen molar-refractivity contribution in [2.45, 2.75) is 60.0 Å². The second-order valence-electron chi connectivity index (χ2n) is 9.55. The van der Waals surface area contributed by atoms with E-state index in [9.17, 15) is 18.0 Å². The van der Waals surface area contributed by atoms with Crippen LogP contribution in [0.5, 0.6) is 0 Å². The Balaban J connectivity index is 2.17. The zero-order valence-electron chi connectivity index (χ0n) is 21.7. The van der Waals surface area contributed by atoms with Crippen molar-refractivity contribution in [3.8, 4) is 0 Å². The molecule has 8 heteroatoms. The molecule has 1 atom stereocenters. The smallest absolute Gasteiger partial charge is 0.242 e. The number of para-hydroxylation sites is 1. The first-order valence-corrected chi connectivity index (χ1v) is 13.9. The number of sulfonamides is 1. The van der Waals surface area contributed by atoms with Crippen LogP contribution < -0.4 is 9.62 Å². The fourth-order valence-electron chi connectivity index (χ4n) is 3.87. The number of nitrogens with zero attached hydrogens (tertiary/aromatic N) is 2. The second kappa shape index (κ2) is 12.7. The summed E-state index contributed by atoms with van der Waals surface area (Å²) in [5, 5.41) is 2.92. The molecule has 2 rings (SSSR count). The molecule has 0 aromatic heterocycles. The van der Waals surface area contributed by atoms with Gasteiger partial charge in [-0.25, -0.2) is 8.42 Å². The van der Waals surface area contributed by atoms with Crippen LogP contribution in [0.1, 0.15) is 50.3 Å². The zero-order valence-corrected chi connectivity index (χ0v) is 22.6. The van der Waals surface area contributed by atoms with E-state index in [0.717, 1.165) is 16.7 Å². The maximum Gasteiger partial charge on any atom is 0.242 e. The Hall–Kier alpha value is -2.87. The van der Waals surface area contributed by atoms with E-state index in [2.05, 4.69) is 5.32 Å². The number of amides is 2. The Labute approximate surface area is 210 Å². The SMILES string of the molecule is Cc1cccc(CN(C(=O)CCCN(c2ccccc2C)S(C)(=O)=O)[C@H](C)C(=O)NCC(C)C)c1. The molecule has 1 N–H and O–H groups in total. The first-order chi connectivity index (χ1) is 16.4. The van der Waals surface area contributed by atoms with Gasteiger partial charge in [0.05, 0.1) is 11.9 Å². The van der Waals surface area contributed by atoms with E-state index >= 15 is 0 Å². The van der Waals surface area contributed by atoms with Crippen LogP contribution in [0.15, 0.2) is 48.5 Å². The number of rotatable bonds is 12. The van der Waals surface area contributed by atoms with Gasteiger partial charge >= 0.3 is 0 Å². The molecule has 0 radical (unpaired) electrons. The number of carbonyl (C=O) groups excluding carboxylic acids is 2. The number of nitrogens with one attached hydrogen (secondary N) is 1. The van der Waals surface area contributed by atoms with Crippen LogP contribution in [0.25, 0.3) is 0 Å². The molecule has 35 heavy (non-hydrogen) atoms. The van der Waals surface area contributed by atoms with Gasteiger partial charge in [-0.05, 0) is 50.3 Å². The quantitative estimate of drug-likeness (QED) is 0.476. The molecule has 0 saturated carbocycles. The molecule has 7 nitrogen and oxygen atoms in total. The van der Waals surface area contributed by atoms with Crippen molar-refractivity contribution in [2.75, 3.05) is 23.7 Å². The lowest BCUT2D eigenvalue weighted by molar-refractivity contribution is -0.140. The summed E-state index contributed by atoms with van der Waals surface area (Å²) in [4.78, 5) is 27.7. The van der Waals surface area contributed by atoms with E-state index in [-0.39, 0.29) is 24.8 Å². The van der Waals surface area contributed by atoms with Crippen molar-refractivity contribution < 1.29 is 18.0 Å². The summed E-state index contributed by atoms with van der Waals surface area (Å²) in [6.07, 6.45) is 1.64. The van der Waals surface area contributed by atoms with Crippen molar-refractivity contribution >= 4 is 27.5 Å². The largest absolute Gasteiger partial charge is 0.354 e. The van der Waals surface area contributed by atoms with Gasteiger partial charge in [0, 0.05) is 26.1 Å². The summed E-state index contributed by atoms with van der Waals surface area (Å²) in [7, 11) is -3.51. The highest BCUT2D eigenvalue weighted by Gasteiger charge is 2.27. The third kappa shape index (κ3) is 8.69. The van der Waals surface area contributed by atoms with Crippen LogP contribution in [0.3, 0.4) is 0 Å². The summed E-state index contributed by atoms with van der Waals surface area (Å²) in [5.41, 5.74) is 3.48. The Morgan fingerprint density at radius 3 is 2.29 bits per heavy atom. The molecule has 0 heterocycles. The summed E-state index contributed by atoms with van der Waals surface area (Å²) in [5.74, 6) is -0.0789. The van der Waals surface area contributed by atoms with Crippen LogP contribution in [0.2, 0.25) is 0 Å². The number of anilines is 1. The first kappa shape index (κ1) is 28.4. The topological polar surface area (TPSA) is 86.8 Å². The van der Waals surface area contributed by atoms with Gasteiger partial charge in [0.25, 0.3) is 0 Å². The van der Waals surface area contributed by atoms with Crippen LogP contribution in [-0.2, 0) is 26.2 Å². The third-order valence-corrected chi connectivity index (χ3v) is 7.00. The average molecular weight is 502 g/mol. The highest BCUT2D eigenvalue weighted by atomic mass is 32.2. The van der Waals surface area contributed by atoms with E-state index in [1.165, 1.54) is 10.6 Å². The molecule has 0 spiro atoms. The lowest BCUT2D eigenvalue weighted by Crippen LogP contribution is -2.48. The Kier molecular flexibility index (Phi) is 10.3. The fraction of sp³-hybridized carbons (Fsp3) is 0.481. The molecule has 0 unspecified atom stereocenters. The minimum absolute atomic E-state index is 0.130. The van der Waals surface area contributed by atoms with Crippen LogP contribution in [0, 0.1) is 19.8 Å². The van der Waals surface area contributed by atoms with Gasteiger partial charge in [-0.2, -0.15) is 0 Å². The van der Waals surface area contributed by atoms with Gasteiger partial charge in [-0.15, -0.1) is 0 Å². The molecule has 2 aromatic carbocycles. The van der Waals surface area contributed by atoms with Gasteiger partial charge in [0.1, 0.15) is 6.04 Å². The second-order valence-corrected chi connectivity index (χ2v) is 11.5. The molecule has 0 aliphatic rings. The third-order valence-electron chi connectivity index (χ3n) is 5.82. The number of aryl methyl sites for hydroxylation is 2. The van der Waals surface area contributed by atoms with Crippen LogP contribution >= 0.6 is 0 Å². The lowest BCUT2D eigenvalue weighted by Gasteiger charge is -2.30. The molecule has 0 saturated heterocycles. The molecular formula is C27H39N3O4S. The average Bonchev–Trinajstić information content (AvgIpc) is 2.78. The van der Waals surface area contributed by atoms with Crippen molar-refractivity contribution in [1.82, 2.24) is 10.2 Å². The molecule has 192 valence electrons. The molecular weight excluding hydrogens is 462 g/mol. The monoisotopic (exact) mass is 501 g/mol. The minimum atomic E-state index is -3.51. The zero-order chi connectivity index (χ0) is 26.2. The van der Waals surface area contributed by atoms with E-state index in [4.69, 9.17) is 0 Å². The normalized spacial score (nSPS) is 12.3. The molecule has 0 aliphatic carbocycles. The van der Waals surface area contributed by atoms with Crippen molar-refractivity contribution in [2.24, 2.45) is 5.92 Å². The van der Waals surface area contributed by atoms with Gasteiger partial charge in [-0.3, -0.25) is 13.9 Å². The molecule has 2 amide bonds. The maximum absolute atomic E-state index is 13.3. The molecule has 0 fully saturated rings. The van der Waals surface area contributed by atoms with Gasteiger partial charge in [0.2, 0.25) is 21.8 Å². The lowest BCUT2D eigenvalue weighted by atomic mass is 10.1. The molecule has 0 aliphatic heterocycles. The maximum atomic E-state index is 13.3. The van der Waals surface area contributed by atoms with Crippen molar-refractivity contribution in [3.63, 3.8) is 0 Å².